The van der Waals surface area contributed by atoms with Crippen LogP contribution >= 0.6 is 0 Å². The van der Waals surface area contributed by atoms with Crippen LogP contribution in [-0.4, -0.2) is 35.3 Å². The molecule has 0 amide bonds. The van der Waals surface area contributed by atoms with Gasteiger partial charge in [-0.25, -0.2) is 8.78 Å². The van der Waals surface area contributed by atoms with Gasteiger partial charge in [-0.2, -0.15) is 0 Å². The molecule has 0 bridgehead atoms. The van der Waals surface area contributed by atoms with Crippen LogP contribution in [-0.2, 0) is 17.8 Å². The lowest BCUT2D eigenvalue weighted by molar-refractivity contribution is -0.136. The molecule has 6 heteroatoms. The van der Waals surface area contributed by atoms with Gasteiger partial charge in [-0.05, 0) is 11.1 Å². The van der Waals surface area contributed by atoms with E-state index in [4.69, 9.17) is 10.2 Å². The van der Waals surface area contributed by atoms with E-state index in [1.807, 2.05) is 0 Å². The average Bonchev–Trinajstić information content (AvgIpc) is 2.30. The number of aliphatic hydroxyl groups excluding tert-OH is 1. The van der Waals surface area contributed by atoms with Crippen molar-refractivity contribution >= 4 is 5.97 Å². The highest BCUT2D eigenvalue weighted by atomic mass is 19.3. The summed E-state index contributed by atoms with van der Waals surface area (Å²) in [6, 6.07) is 6.86. The Bertz CT molecular complexity index is 399. The molecule has 0 heterocycles. The first-order chi connectivity index (χ1) is 8.50. The van der Waals surface area contributed by atoms with Gasteiger partial charge >= 0.3 is 5.97 Å². The lowest BCUT2D eigenvalue weighted by Gasteiger charge is -2.12. The third-order valence-electron chi connectivity index (χ3n) is 2.42. The highest BCUT2D eigenvalue weighted by Gasteiger charge is 2.16. The normalized spacial score (nSPS) is 12.7. The van der Waals surface area contributed by atoms with E-state index in [-0.39, 0.29) is 19.5 Å². The van der Waals surface area contributed by atoms with Gasteiger partial charge in [0.1, 0.15) is 6.10 Å². The van der Waals surface area contributed by atoms with Crippen molar-refractivity contribution in [3.63, 3.8) is 0 Å². The highest BCUT2D eigenvalue weighted by Crippen LogP contribution is 2.09. The van der Waals surface area contributed by atoms with Crippen LogP contribution in [0, 0.1) is 0 Å². The van der Waals surface area contributed by atoms with Gasteiger partial charge < -0.3 is 15.5 Å². The summed E-state index contributed by atoms with van der Waals surface area (Å²) in [4.78, 5) is 10.6. The molecule has 0 saturated heterocycles. The predicted molar refractivity (Wildman–Crippen MR) is 61.5 cm³/mol. The first-order valence-electron chi connectivity index (χ1n) is 5.46. The molecule has 4 nitrogen and oxygen atoms in total. The molecule has 0 aliphatic carbocycles. The second-order valence-corrected chi connectivity index (χ2v) is 3.87. The lowest BCUT2D eigenvalue weighted by Crippen LogP contribution is -2.32. The summed E-state index contributed by atoms with van der Waals surface area (Å²) in [6.07, 6.45) is -4.61. The molecule has 1 aromatic carbocycles. The minimum atomic E-state index is -2.79. The molecule has 0 aliphatic heterocycles. The number of rotatable bonds is 7. The van der Waals surface area contributed by atoms with Gasteiger partial charge in [0.05, 0.1) is 6.42 Å². The maximum atomic E-state index is 12.0. The molecule has 3 N–H and O–H groups in total. The lowest BCUT2D eigenvalue weighted by atomic mass is 10.0. The number of hydrogen-bond acceptors (Lipinski definition) is 3. The van der Waals surface area contributed by atoms with Gasteiger partial charge in [-0.1, -0.05) is 24.3 Å². The zero-order valence-electron chi connectivity index (χ0n) is 9.64. The second-order valence-electron chi connectivity index (χ2n) is 3.87. The zero-order valence-corrected chi connectivity index (χ0v) is 9.64. The maximum Gasteiger partial charge on any atom is 0.307 e. The molecule has 0 aliphatic rings. The molecular formula is C12H15F2NO3. The average molecular weight is 259 g/mol. The van der Waals surface area contributed by atoms with Crippen LogP contribution in [0.5, 0.6) is 0 Å². The van der Waals surface area contributed by atoms with E-state index in [2.05, 4.69) is 5.32 Å². The van der Waals surface area contributed by atoms with E-state index in [9.17, 15) is 13.6 Å². The van der Waals surface area contributed by atoms with Crippen molar-refractivity contribution in [3.8, 4) is 0 Å². The molecule has 18 heavy (non-hydrogen) atoms. The van der Waals surface area contributed by atoms with Crippen molar-refractivity contribution < 1.29 is 23.8 Å². The summed E-state index contributed by atoms with van der Waals surface area (Å²) >= 11 is 0. The van der Waals surface area contributed by atoms with Gasteiger partial charge in [-0.15, -0.1) is 0 Å². The Hall–Kier alpha value is -1.53. The summed E-state index contributed by atoms with van der Waals surface area (Å²) in [5.74, 6) is -0.949. The Morgan fingerprint density at radius 1 is 1.28 bits per heavy atom. The number of carboxylic acids is 1. The van der Waals surface area contributed by atoms with E-state index in [0.29, 0.717) is 5.56 Å². The smallest absolute Gasteiger partial charge is 0.307 e. The van der Waals surface area contributed by atoms with Crippen LogP contribution in [0.2, 0.25) is 0 Å². The summed E-state index contributed by atoms with van der Waals surface area (Å²) in [6.45, 7) is 0.00626. The number of carbonyl (C=O) groups is 1. The number of benzene rings is 1. The molecule has 1 aromatic rings. The van der Waals surface area contributed by atoms with Crippen molar-refractivity contribution in [3.05, 3.63) is 35.4 Å². The maximum absolute atomic E-state index is 12.0. The van der Waals surface area contributed by atoms with Crippen molar-refractivity contribution in [2.75, 3.05) is 6.54 Å². The SMILES string of the molecule is O=C(O)Cc1ccccc1CNCC(O)C(F)F. The van der Waals surface area contributed by atoms with E-state index in [1.165, 1.54) is 0 Å². The Morgan fingerprint density at radius 2 is 1.89 bits per heavy atom. The minimum Gasteiger partial charge on any atom is -0.481 e. The van der Waals surface area contributed by atoms with Crippen LogP contribution in [0.3, 0.4) is 0 Å². The Labute approximate surface area is 103 Å². The van der Waals surface area contributed by atoms with Gasteiger partial charge in [0.15, 0.2) is 0 Å². The number of aliphatic hydroxyl groups is 1. The van der Waals surface area contributed by atoms with Crippen LogP contribution < -0.4 is 5.32 Å². The standard InChI is InChI=1S/C12H15F2NO3/c13-12(14)10(16)7-15-6-9-4-2-1-3-8(9)5-11(17)18/h1-4,10,12,15-16H,5-7H2,(H,17,18). The third-order valence-corrected chi connectivity index (χ3v) is 2.42. The topological polar surface area (TPSA) is 69.6 Å². The number of carboxylic acid groups (broad SMARTS) is 1. The van der Waals surface area contributed by atoms with Crippen LogP contribution in [0.25, 0.3) is 0 Å². The molecular weight excluding hydrogens is 244 g/mol. The van der Waals surface area contributed by atoms with Crippen molar-refractivity contribution in [2.24, 2.45) is 0 Å². The quantitative estimate of drug-likeness (QED) is 0.684. The monoisotopic (exact) mass is 259 g/mol. The number of hydrogen-bond donors (Lipinski definition) is 3. The summed E-state index contributed by atoms with van der Waals surface area (Å²) in [5.41, 5.74) is 1.35. The Morgan fingerprint density at radius 3 is 2.44 bits per heavy atom. The van der Waals surface area contributed by atoms with E-state index in [1.54, 1.807) is 24.3 Å². The van der Waals surface area contributed by atoms with Crippen LogP contribution in [0.15, 0.2) is 24.3 Å². The second kappa shape index (κ2) is 7.03. The van der Waals surface area contributed by atoms with Crippen LogP contribution in [0.1, 0.15) is 11.1 Å². The summed E-state index contributed by atoms with van der Waals surface area (Å²) in [5, 5.41) is 20.3. The van der Waals surface area contributed by atoms with Gasteiger partial charge in [-0.3, -0.25) is 4.79 Å². The third kappa shape index (κ3) is 4.77. The van der Waals surface area contributed by atoms with Gasteiger partial charge in [0.25, 0.3) is 6.43 Å². The molecule has 100 valence electrons. The fourth-order valence-electron chi connectivity index (χ4n) is 1.51. The summed E-state index contributed by atoms with van der Waals surface area (Å²) in [7, 11) is 0. The van der Waals surface area contributed by atoms with E-state index in [0.717, 1.165) is 5.56 Å². The first-order valence-corrected chi connectivity index (χ1v) is 5.46. The van der Waals surface area contributed by atoms with E-state index < -0.39 is 18.5 Å². The summed E-state index contributed by atoms with van der Waals surface area (Å²) < 4.78 is 24.1. The van der Waals surface area contributed by atoms with Gasteiger partial charge in [0.2, 0.25) is 0 Å². The largest absolute Gasteiger partial charge is 0.481 e. The molecule has 1 rings (SSSR count). The van der Waals surface area contributed by atoms with Crippen molar-refractivity contribution in [1.29, 1.82) is 0 Å². The Kier molecular flexibility index (Phi) is 5.67. The molecule has 1 atom stereocenters. The molecule has 1 unspecified atom stereocenters. The Balaban J connectivity index is 2.53. The molecule has 0 fully saturated rings. The highest BCUT2D eigenvalue weighted by molar-refractivity contribution is 5.70. The van der Waals surface area contributed by atoms with E-state index >= 15 is 0 Å². The molecule has 0 radical (unpaired) electrons. The number of halogens is 2. The fourth-order valence-corrected chi connectivity index (χ4v) is 1.51. The number of alkyl halides is 2. The molecule has 0 saturated carbocycles. The van der Waals surface area contributed by atoms with Crippen molar-refractivity contribution in [1.82, 2.24) is 5.32 Å². The zero-order chi connectivity index (χ0) is 13.5. The molecule has 0 aromatic heterocycles. The van der Waals surface area contributed by atoms with Crippen LogP contribution in [0.4, 0.5) is 8.78 Å². The number of nitrogens with one attached hydrogen (secondary N) is 1. The fraction of sp³-hybridized carbons (Fsp3) is 0.417. The first kappa shape index (κ1) is 14.5. The number of aliphatic carboxylic acids is 1. The van der Waals surface area contributed by atoms with Gasteiger partial charge in [0, 0.05) is 13.1 Å². The molecule has 0 spiro atoms. The van der Waals surface area contributed by atoms with Crippen molar-refractivity contribution in [2.45, 2.75) is 25.5 Å². The minimum absolute atomic E-state index is 0.116. The predicted octanol–water partition coefficient (Wildman–Crippen LogP) is 1.03.